The van der Waals surface area contributed by atoms with Gasteiger partial charge in [0.15, 0.2) is 0 Å². The summed E-state index contributed by atoms with van der Waals surface area (Å²) in [6.07, 6.45) is 2.44. The van der Waals surface area contributed by atoms with E-state index in [0.717, 1.165) is 40.1 Å². The first-order chi connectivity index (χ1) is 12.2. The lowest BCUT2D eigenvalue weighted by Crippen LogP contribution is -2.11. The number of hydrogen-bond acceptors (Lipinski definition) is 4. The summed E-state index contributed by atoms with van der Waals surface area (Å²) >= 11 is 5.01. The minimum Gasteiger partial charge on any atom is -0.486 e. The van der Waals surface area contributed by atoms with E-state index in [0.29, 0.717) is 13.0 Å². The van der Waals surface area contributed by atoms with E-state index in [-0.39, 0.29) is 5.91 Å². The van der Waals surface area contributed by atoms with Crippen LogP contribution in [0.5, 0.6) is 5.75 Å². The van der Waals surface area contributed by atoms with E-state index in [2.05, 4.69) is 32.3 Å². The number of halogens is 1. The number of carbonyl (C=O) groups excluding carboxylic acids is 1. The fraction of sp³-hybridized carbons (Fsp3) is 0.263. The highest BCUT2D eigenvalue weighted by molar-refractivity contribution is 9.09. The van der Waals surface area contributed by atoms with Gasteiger partial charge in [0.05, 0.1) is 10.2 Å². The fourth-order valence-corrected chi connectivity index (χ4v) is 3.64. The van der Waals surface area contributed by atoms with Crippen LogP contribution in [0.1, 0.15) is 24.3 Å². The number of benzene rings is 2. The number of nitrogens with one attached hydrogen (secondary N) is 1. The van der Waals surface area contributed by atoms with Gasteiger partial charge in [0.2, 0.25) is 5.91 Å². The molecule has 0 bridgehead atoms. The molecule has 25 heavy (non-hydrogen) atoms. The van der Waals surface area contributed by atoms with E-state index >= 15 is 0 Å². The summed E-state index contributed by atoms with van der Waals surface area (Å²) in [5.74, 6) is 0.806. The Morgan fingerprint density at radius 3 is 2.68 bits per heavy atom. The Hall–Kier alpha value is -1.92. The van der Waals surface area contributed by atoms with Gasteiger partial charge in [0.25, 0.3) is 0 Å². The predicted octanol–water partition coefficient (Wildman–Crippen LogP) is 5.38. The van der Waals surface area contributed by atoms with Gasteiger partial charge in [-0.25, -0.2) is 4.98 Å². The van der Waals surface area contributed by atoms with Crippen LogP contribution < -0.4 is 10.1 Å². The summed E-state index contributed by atoms with van der Waals surface area (Å²) in [7, 11) is 0. The Labute approximate surface area is 159 Å². The van der Waals surface area contributed by atoms with Gasteiger partial charge in [-0.3, -0.25) is 4.79 Å². The van der Waals surface area contributed by atoms with Crippen molar-refractivity contribution >= 4 is 49.1 Å². The molecule has 0 saturated heterocycles. The van der Waals surface area contributed by atoms with Gasteiger partial charge < -0.3 is 10.1 Å². The standard InChI is InChI=1S/C19H19BrN2O2S/c20-12-4-3-7-18(23)21-14-8-10-15(11-9-14)24-13-19-22-16-5-1-2-6-17(16)25-19/h1-2,5-6,8-11H,3-4,7,12-13H2,(H,21,23). The van der Waals surface area contributed by atoms with Crippen LogP contribution in [0.3, 0.4) is 0 Å². The van der Waals surface area contributed by atoms with Crippen LogP contribution in [0.15, 0.2) is 48.5 Å². The Balaban J connectivity index is 1.51. The maximum absolute atomic E-state index is 11.8. The number of rotatable bonds is 8. The monoisotopic (exact) mass is 418 g/mol. The molecule has 1 amide bonds. The summed E-state index contributed by atoms with van der Waals surface area (Å²) in [5.41, 5.74) is 1.79. The van der Waals surface area contributed by atoms with Crippen molar-refractivity contribution in [3.8, 4) is 5.75 Å². The molecule has 6 heteroatoms. The molecule has 1 aromatic heterocycles. The van der Waals surface area contributed by atoms with Crippen LogP contribution in [-0.4, -0.2) is 16.2 Å². The zero-order valence-electron chi connectivity index (χ0n) is 13.7. The highest BCUT2D eigenvalue weighted by Crippen LogP contribution is 2.23. The number of nitrogens with zero attached hydrogens (tertiary/aromatic N) is 1. The first-order valence-electron chi connectivity index (χ1n) is 8.18. The number of hydrogen-bond donors (Lipinski definition) is 1. The van der Waals surface area contributed by atoms with Crippen LogP contribution in [0, 0.1) is 0 Å². The second-order valence-corrected chi connectivity index (χ2v) is 7.49. The Kier molecular flexibility index (Phi) is 6.42. The number of alkyl halides is 1. The Morgan fingerprint density at radius 2 is 1.92 bits per heavy atom. The highest BCUT2D eigenvalue weighted by atomic mass is 79.9. The molecular weight excluding hydrogens is 400 g/mol. The lowest BCUT2D eigenvalue weighted by molar-refractivity contribution is -0.116. The van der Waals surface area contributed by atoms with Crippen LogP contribution in [0.25, 0.3) is 10.2 Å². The molecule has 4 nitrogen and oxygen atoms in total. The molecule has 0 fully saturated rings. The normalized spacial score (nSPS) is 10.8. The van der Waals surface area contributed by atoms with Crippen molar-refractivity contribution in [1.82, 2.24) is 4.98 Å². The minimum absolute atomic E-state index is 0.0455. The SMILES string of the molecule is O=C(CCCCBr)Nc1ccc(OCc2nc3ccccc3s2)cc1. The molecule has 0 unspecified atom stereocenters. The van der Waals surface area contributed by atoms with Gasteiger partial charge in [-0.15, -0.1) is 11.3 Å². The smallest absolute Gasteiger partial charge is 0.224 e. The molecule has 0 spiro atoms. The molecule has 0 aliphatic rings. The number of para-hydroxylation sites is 1. The average Bonchev–Trinajstić information content (AvgIpc) is 3.04. The molecule has 1 heterocycles. The summed E-state index contributed by atoms with van der Waals surface area (Å²) in [6.45, 7) is 0.442. The van der Waals surface area contributed by atoms with Gasteiger partial charge in [0, 0.05) is 17.4 Å². The Bertz CT molecular complexity index is 800. The van der Waals surface area contributed by atoms with E-state index in [4.69, 9.17) is 4.74 Å². The average molecular weight is 419 g/mol. The number of aromatic nitrogens is 1. The van der Waals surface area contributed by atoms with Crippen molar-refractivity contribution in [1.29, 1.82) is 0 Å². The molecule has 130 valence electrons. The largest absolute Gasteiger partial charge is 0.486 e. The second kappa shape index (κ2) is 8.97. The fourth-order valence-electron chi connectivity index (χ4n) is 2.36. The number of amides is 1. The number of fused-ring (bicyclic) bond motifs is 1. The summed E-state index contributed by atoms with van der Waals surface area (Å²) in [4.78, 5) is 16.4. The predicted molar refractivity (Wildman–Crippen MR) is 107 cm³/mol. The molecule has 3 aromatic rings. The van der Waals surface area contributed by atoms with E-state index < -0.39 is 0 Å². The summed E-state index contributed by atoms with van der Waals surface area (Å²) in [6, 6.07) is 15.5. The van der Waals surface area contributed by atoms with Crippen LogP contribution in [0.4, 0.5) is 5.69 Å². The van der Waals surface area contributed by atoms with Gasteiger partial charge >= 0.3 is 0 Å². The molecule has 0 atom stereocenters. The van der Waals surface area contributed by atoms with Crippen molar-refractivity contribution in [2.75, 3.05) is 10.6 Å². The van der Waals surface area contributed by atoms with Crippen LogP contribution in [-0.2, 0) is 11.4 Å². The third-order valence-corrected chi connectivity index (χ3v) is 5.20. The van der Waals surface area contributed by atoms with Gasteiger partial charge in [-0.05, 0) is 49.2 Å². The number of ether oxygens (including phenoxy) is 1. The number of carbonyl (C=O) groups is 1. The number of thiazole rings is 1. The lowest BCUT2D eigenvalue weighted by Gasteiger charge is -2.07. The molecule has 3 rings (SSSR count). The van der Waals surface area contributed by atoms with Crippen molar-refractivity contribution in [2.45, 2.75) is 25.9 Å². The van der Waals surface area contributed by atoms with Crippen LogP contribution in [0.2, 0.25) is 0 Å². The van der Waals surface area contributed by atoms with E-state index in [1.165, 1.54) is 4.70 Å². The van der Waals surface area contributed by atoms with Crippen molar-refractivity contribution in [3.63, 3.8) is 0 Å². The maximum Gasteiger partial charge on any atom is 0.224 e. The molecule has 0 aliphatic heterocycles. The molecule has 2 aromatic carbocycles. The number of unbranched alkanes of at least 4 members (excludes halogenated alkanes) is 1. The molecular formula is C19H19BrN2O2S. The first kappa shape index (κ1) is 17.9. The van der Waals surface area contributed by atoms with Crippen molar-refractivity contribution in [2.24, 2.45) is 0 Å². The number of anilines is 1. The van der Waals surface area contributed by atoms with Gasteiger partial charge in [-0.1, -0.05) is 28.1 Å². The first-order valence-corrected chi connectivity index (χ1v) is 10.1. The van der Waals surface area contributed by atoms with Gasteiger partial charge in [-0.2, -0.15) is 0 Å². The second-order valence-electron chi connectivity index (χ2n) is 5.58. The Morgan fingerprint density at radius 1 is 1.12 bits per heavy atom. The summed E-state index contributed by atoms with van der Waals surface area (Å²) < 4.78 is 6.96. The van der Waals surface area contributed by atoms with E-state index in [9.17, 15) is 4.79 Å². The third kappa shape index (κ3) is 5.28. The molecule has 1 N–H and O–H groups in total. The molecule has 0 radical (unpaired) electrons. The zero-order chi connectivity index (χ0) is 17.5. The zero-order valence-corrected chi connectivity index (χ0v) is 16.1. The van der Waals surface area contributed by atoms with Gasteiger partial charge in [0.1, 0.15) is 17.4 Å². The molecule has 0 aliphatic carbocycles. The van der Waals surface area contributed by atoms with Crippen molar-refractivity contribution < 1.29 is 9.53 Å². The topological polar surface area (TPSA) is 51.2 Å². The van der Waals surface area contributed by atoms with Crippen molar-refractivity contribution in [3.05, 3.63) is 53.5 Å². The van der Waals surface area contributed by atoms with E-state index in [1.807, 2.05) is 42.5 Å². The maximum atomic E-state index is 11.8. The summed E-state index contributed by atoms with van der Waals surface area (Å²) in [5, 5.41) is 4.78. The minimum atomic E-state index is 0.0455. The third-order valence-electron chi connectivity index (χ3n) is 3.63. The quantitative estimate of drug-likeness (QED) is 0.394. The highest BCUT2D eigenvalue weighted by Gasteiger charge is 2.05. The van der Waals surface area contributed by atoms with E-state index in [1.54, 1.807) is 11.3 Å². The lowest BCUT2D eigenvalue weighted by atomic mass is 10.2. The van der Waals surface area contributed by atoms with Crippen LogP contribution >= 0.6 is 27.3 Å². The molecule has 0 saturated carbocycles.